The zero-order chi connectivity index (χ0) is 21.3. The molecule has 2 saturated heterocycles. The molecule has 5 nitrogen and oxygen atoms in total. The van der Waals surface area contributed by atoms with Crippen LogP contribution < -0.4 is 0 Å². The van der Waals surface area contributed by atoms with Crippen LogP contribution in [0.1, 0.15) is 54.7 Å². The zero-order valence-corrected chi connectivity index (χ0v) is 17.6. The Bertz CT molecular complexity index is 981. The molecule has 0 N–H and O–H groups in total. The number of aromatic nitrogens is 3. The van der Waals surface area contributed by atoms with Crippen LogP contribution in [0, 0.1) is 18.8 Å². The molecular weight excluding hydrogens is 405 g/mol. The molecule has 2 aliphatic heterocycles. The van der Waals surface area contributed by atoms with Gasteiger partial charge < -0.3 is 9.30 Å². The average Bonchev–Trinajstić information content (AvgIpc) is 3.17. The minimum atomic E-state index is -4.41. The van der Waals surface area contributed by atoms with Gasteiger partial charge in [-0.25, -0.2) is 4.98 Å². The van der Waals surface area contributed by atoms with Crippen molar-refractivity contribution in [2.75, 3.05) is 26.3 Å². The topological polar surface area (TPSA) is 43.2 Å². The molecule has 0 unspecified atom stereocenters. The van der Waals surface area contributed by atoms with Crippen molar-refractivity contribution >= 4 is 0 Å². The number of ether oxygens (including phenoxy) is 1. The van der Waals surface area contributed by atoms with Gasteiger partial charge in [-0.15, -0.1) is 0 Å². The van der Waals surface area contributed by atoms with E-state index >= 15 is 0 Å². The second kappa shape index (κ2) is 7.04. The molecule has 4 heterocycles. The minimum absolute atomic E-state index is 0.00323. The van der Waals surface area contributed by atoms with Gasteiger partial charge in [-0.3, -0.25) is 9.88 Å². The SMILES string of the molecule is Cc1ncc(-c2cn([C@H]3[C@@H]4CN(C5COC5)C[C@@H]43)c(C3CCCC3)n2)cc1C(F)(F)F. The van der Waals surface area contributed by atoms with Gasteiger partial charge in [-0.2, -0.15) is 13.2 Å². The minimum Gasteiger partial charge on any atom is -0.378 e. The Kier molecular flexibility index (Phi) is 4.48. The third-order valence-electron chi connectivity index (χ3n) is 7.80. The number of aryl methyl sites for hydroxylation is 1. The van der Waals surface area contributed by atoms with Gasteiger partial charge in [0.25, 0.3) is 0 Å². The molecule has 2 aliphatic carbocycles. The van der Waals surface area contributed by atoms with Gasteiger partial charge in [0.1, 0.15) is 5.82 Å². The lowest BCUT2D eigenvalue weighted by atomic mass is 10.1. The fourth-order valence-electron chi connectivity index (χ4n) is 5.90. The summed E-state index contributed by atoms with van der Waals surface area (Å²) in [5, 5.41) is 0. The van der Waals surface area contributed by atoms with Crippen molar-refractivity contribution in [2.24, 2.45) is 11.8 Å². The third-order valence-corrected chi connectivity index (χ3v) is 7.80. The third kappa shape index (κ3) is 3.30. The molecule has 4 fully saturated rings. The van der Waals surface area contributed by atoms with Crippen LogP contribution in [0.3, 0.4) is 0 Å². The van der Waals surface area contributed by atoms with Gasteiger partial charge in [0.05, 0.1) is 30.5 Å². The molecule has 0 aromatic carbocycles. The number of nitrogens with zero attached hydrogens (tertiary/aromatic N) is 4. The molecule has 2 aromatic heterocycles. The first kappa shape index (κ1) is 19.7. The van der Waals surface area contributed by atoms with Gasteiger partial charge in [-0.1, -0.05) is 12.8 Å². The summed E-state index contributed by atoms with van der Waals surface area (Å²) < 4.78 is 47.9. The first-order chi connectivity index (χ1) is 14.9. The summed E-state index contributed by atoms with van der Waals surface area (Å²) >= 11 is 0. The maximum Gasteiger partial charge on any atom is 0.418 e. The maximum atomic E-state index is 13.4. The van der Waals surface area contributed by atoms with Crippen molar-refractivity contribution < 1.29 is 17.9 Å². The molecule has 0 bridgehead atoms. The number of halogens is 3. The van der Waals surface area contributed by atoms with Crippen LogP contribution in [0.15, 0.2) is 18.5 Å². The van der Waals surface area contributed by atoms with Crippen LogP contribution in [0.2, 0.25) is 0 Å². The predicted octanol–water partition coefficient (Wildman–Crippen LogP) is 4.43. The number of pyridine rings is 1. The van der Waals surface area contributed by atoms with E-state index in [4.69, 9.17) is 9.72 Å². The average molecular weight is 432 g/mol. The lowest BCUT2D eigenvalue weighted by molar-refractivity contribution is -0.138. The van der Waals surface area contributed by atoms with E-state index in [0.717, 1.165) is 45.0 Å². The molecule has 3 atom stereocenters. The number of hydrogen-bond acceptors (Lipinski definition) is 4. The van der Waals surface area contributed by atoms with Gasteiger partial charge in [-0.05, 0) is 37.7 Å². The van der Waals surface area contributed by atoms with Crippen LogP contribution in [0.4, 0.5) is 13.2 Å². The van der Waals surface area contributed by atoms with E-state index in [1.165, 1.54) is 32.0 Å². The molecule has 6 rings (SSSR count). The number of imidazole rings is 1. The molecule has 2 saturated carbocycles. The van der Waals surface area contributed by atoms with Crippen LogP contribution in [0.5, 0.6) is 0 Å². The Morgan fingerprint density at radius 1 is 1.10 bits per heavy atom. The van der Waals surface area contributed by atoms with E-state index < -0.39 is 11.7 Å². The van der Waals surface area contributed by atoms with E-state index in [0.29, 0.717) is 41.1 Å². The van der Waals surface area contributed by atoms with Crippen molar-refractivity contribution in [1.29, 1.82) is 0 Å². The molecule has 2 aromatic rings. The highest BCUT2D eigenvalue weighted by atomic mass is 19.4. The summed E-state index contributed by atoms with van der Waals surface area (Å²) in [5.41, 5.74) is 0.399. The van der Waals surface area contributed by atoms with E-state index in [1.807, 2.05) is 6.20 Å². The number of rotatable bonds is 4. The van der Waals surface area contributed by atoms with Gasteiger partial charge >= 0.3 is 6.18 Å². The van der Waals surface area contributed by atoms with Crippen molar-refractivity contribution in [3.8, 4) is 11.3 Å². The second-order valence-corrected chi connectivity index (χ2v) is 9.69. The smallest absolute Gasteiger partial charge is 0.378 e. The summed E-state index contributed by atoms with van der Waals surface area (Å²) in [6, 6.07) is 2.20. The van der Waals surface area contributed by atoms with Gasteiger partial charge in [0, 0.05) is 48.7 Å². The van der Waals surface area contributed by atoms with E-state index in [2.05, 4.69) is 14.5 Å². The Labute approximate surface area is 179 Å². The zero-order valence-electron chi connectivity index (χ0n) is 17.6. The highest BCUT2D eigenvalue weighted by Gasteiger charge is 2.58. The number of fused-ring (bicyclic) bond motifs is 1. The summed E-state index contributed by atoms with van der Waals surface area (Å²) in [6.45, 7) is 5.26. The van der Waals surface area contributed by atoms with E-state index in [1.54, 1.807) is 0 Å². The molecule has 8 heteroatoms. The lowest BCUT2D eigenvalue weighted by Gasteiger charge is -2.36. The highest BCUT2D eigenvalue weighted by Crippen LogP contribution is 2.57. The molecule has 166 valence electrons. The van der Waals surface area contributed by atoms with Crippen molar-refractivity contribution in [2.45, 2.75) is 56.8 Å². The summed E-state index contributed by atoms with van der Waals surface area (Å²) in [4.78, 5) is 11.5. The Hall–Kier alpha value is -1.93. The summed E-state index contributed by atoms with van der Waals surface area (Å²) in [6.07, 6.45) is 3.75. The van der Waals surface area contributed by atoms with E-state index in [-0.39, 0.29) is 5.69 Å². The molecule has 0 amide bonds. The fourth-order valence-corrected chi connectivity index (χ4v) is 5.90. The largest absolute Gasteiger partial charge is 0.418 e. The summed E-state index contributed by atoms with van der Waals surface area (Å²) in [5.74, 6) is 2.71. The predicted molar refractivity (Wildman–Crippen MR) is 109 cm³/mol. The van der Waals surface area contributed by atoms with Crippen molar-refractivity contribution in [3.63, 3.8) is 0 Å². The van der Waals surface area contributed by atoms with Crippen molar-refractivity contribution in [1.82, 2.24) is 19.4 Å². The molecule has 0 spiro atoms. The lowest BCUT2D eigenvalue weighted by Crippen LogP contribution is -2.49. The number of hydrogen-bond donors (Lipinski definition) is 0. The second-order valence-electron chi connectivity index (χ2n) is 9.69. The fraction of sp³-hybridized carbons (Fsp3) is 0.652. The number of piperidine rings is 1. The Morgan fingerprint density at radius 2 is 1.81 bits per heavy atom. The highest BCUT2D eigenvalue weighted by molar-refractivity contribution is 5.59. The molecular formula is C23H27F3N4O. The van der Waals surface area contributed by atoms with Crippen LogP contribution in [-0.4, -0.2) is 51.8 Å². The number of likely N-dealkylation sites (tertiary alicyclic amines) is 1. The standard InChI is InChI=1S/C23H27F3N4O/c1-13-19(23(24,25)26)6-15(7-27-13)20-10-30(22(28-20)14-4-2-3-5-14)21-17-8-29(9-18(17)21)16-11-31-12-16/h6-7,10,14,16-18,21H,2-5,8-9,11-12H2,1H3/t17-,18+,21+. The molecule has 0 radical (unpaired) electrons. The van der Waals surface area contributed by atoms with Gasteiger partial charge in [0.2, 0.25) is 0 Å². The summed E-state index contributed by atoms with van der Waals surface area (Å²) in [7, 11) is 0. The first-order valence-electron chi connectivity index (χ1n) is 11.3. The van der Waals surface area contributed by atoms with Crippen LogP contribution in [-0.2, 0) is 10.9 Å². The molecule has 31 heavy (non-hydrogen) atoms. The first-order valence-corrected chi connectivity index (χ1v) is 11.3. The van der Waals surface area contributed by atoms with Crippen LogP contribution in [0.25, 0.3) is 11.3 Å². The monoisotopic (exact) mass is 432 g/mol. The normalized spacial score (nSPS) is 29.4. The van der Waals surface area contributed by atoms with Crippen molar-refractivity contribution in [3.05, 3.63) is 35.5 Å². The Morgan fingerprint density at radius 3 is 2.42 bits per heavy atom. The van der Waals surface area contributed by atoms with Crippen LogP contribution >= 0.6 is 0 Å². The quantitative estimate of drug-likeness (QED) is 0.717. The Balaban J connectivity index is 1.32. The van der Waals surface area contributed by atoms with E-state index in [9.17, 15) is 13.2 Å². The molecule has 4 aliphatic rings. The maximum absolute atomic E-state index is 13.4. The number of alkyl halides is 3. The van der Waals surface area contributed by atoms with Gasteiger partial charge in [0.15, 0.2) is 0 Å².